The van der Waals surface area contributed by atoms with Gasteiger partial charge in [0.25, 0.3) is 0 Å². The van der Waals surface area contributed by atoms with E-state index in [1.54, 1.807) is 0 Å². The summed E-state index contributed by atoms with van der Waals surface area (Å²) in [6.45, 7) is 7.37. The zero-order valence-corrected chi connectivity index (χ0v) is 14.6. The van der Waals surface area contributed by atoms with Crippen molar-refractivity contribution >= 4 is 0 Å². The molecule has 1 aromatic rings. The SMILES string of the molecule is C/C=C/C1CCC(c2ccc(OCCC)c(CCC)c2)CC1. The maximum atomic E-state index is 5.92. The molecule has 0 aliphatic heterocycles. The van der Waals surface area contributed by atoms with E-state index in [0.717, 1.165) is 37.0 Å². The lowest BCUT2D eigenvalue weighted by Crippen LogP contribution is -2.12. The third kappa shape index (κ3) is 4.63. The molecule has 0 unspecified atom stereocenters. The molecule has 1 aliphatic carbocycles. The Morgan fingerprint density at radius 3 is 2.50 bits per heavy atom. The maximum Gasteiger partial charge on any atom is 0.122 e. The van der Waals surface area contributed by atoms with Crippen LogP contribution in [-0.2, 0) is 6.42 Å². The largest absolute Gasteiger partial charge is 0.493 e. The molecule has 1 nitrogen and oxygen atoms in total. The Morgan fingerprint density at radius 2 is 1.86 bits per heavy atom. The van der Waals surface area contributed by atoms with Gasteiger partial charge in [-0.1, -0.05) is 44.6 Å². The molecule has 0 bridgehead atoms. The number of hydrogen-bond donors (Lipinski definition) is 0. The zero-order valence-electron chi connectivity index (χ0n) is 14.6. The van der Waals surface area contributed by atoms with E-state index in [1.165, 1.54) is 43.2 Å². The average Bonchev–Trinajstić information content (AvgIpc) is 2.55. The lowest BCUT2D eigenvalue weighted by atomic mass is 9.78. The van der Waals surface area contributed by atoms with Crippen molar-refractivity contribution in [1.82, 2.24) is 0 Å². The monoisotopic (exact) mass is 300 g/mol. The van der Waals surface area contributed by atoms with Crippen molar-refractivity contribution in [2.24, 2.45) is 5.92 Å². The highest BCUT2D eigenvalue weighted by molar-refractivity contribution is 5.39. The second-order valence-corrected chi connectivity index (χ2v) is 6.60. The van der Waals surface area contributed by atoms with E-state index in [1.807, 2.05) is 0 Å². The van der Waals surface area contributed by atoms with E-state index in [4.69, 9.17) is 4.74 Å². The first-order valence-corrected chi connectivity index (χ1v) is 9.16. The van der Waals surface area contributed by atoms with Crippen LogP contribution in [0.3, 0.4) is 0 Å². The first-order valence-electron chi connectivity index (χ1n) is 9.16. The molecular formula is C21H32O. The Labute approximate surface area is 136 Å². The van der Waals surface area contributed by atoms with Crippen LogP contribution in [0.25, 0.3) is 0 Å². The van der Waals surface area contributed by atoms with Crippen molar-refractivity contribution in [3.05, 3.63) is 41.5 Å². The lowest BCUT2D eigenvalue weighted by molar-refractivity contribution is 0.313. The first-order chi connectivity index (χ1) is 10.8. The van der Waals surface area contributed by atoms with Crippen LogP contribution in [0.1, 0.15) is 76.3 Å². The summed E-state index contributed by atoms with van der Waals surface area (Å²) < 4.78 is 5.92. The summed E-state index contributed by atoms with van der Waals surface area (Å²) in [5.74, 6) is 2.66. The Bertz CT molecular complexity index is 467. The average molecular weight is 300 g/mol. The Balaban J connectivity index is 2.06. The number of aryl methyl sites for hydroxylation is 1. The molecule has 22 heavy (non-hydrogen) atoms. The highest BCUT2D eigenvalue weighted by atomic mass is 16.5. The summed E-state index contributed by atoms with van der Waals surface area (Å²) in [6.07, 6.45) is 13.3. The van der Waals surface area contributed by atoms with E-state index in [0.29, 0.717) is 0 Å². The van der Waals surface area contributed by atoms with Crippen molar-refractivity contribution in [2.45, 2.75) is 71.6 Å². The summed E-state index contributed by atoms with van der Waals surface area (Å²) in [5, 5.41) is 0. The molecule has 0 heterocycles. The fourth-order valence-corrected chi connectivity index (χ4v) is 3.59. The molecule has 0 saturated heterocycles. The molecule has 0 aromatic heterocycles. The van der Waals surface area contributed by atoms with Crippen molar-refractivity contribution < 1.29 is 4.74 Å². The van der Waals surface area contributed by atoms with Gasteiger partial charge in [-0.3, -0.25) is 0 Å². The lowest BCUT2D eigenvalue weighted by Gasteiger charge is -2.27. The highest BCUT2D eigenvalue weighted by Gasteiger charge is 2.21. The normalized spacial score (nSPS) is 22.1. The molecule has 2 rings (SSSR count). The number of rotatable bonds is 7. The summed E-state index contributed by atoms with van der Waals surface area (Å²) in [6, 6.07) is 6.95. The van der Waals surface area contributed by atoms with Crippen molar-refractivity contribution in [3.8, 4) is 5.75 Å². The highest BCUT2D eigenvalue weighted by Crippen LogP contribution is 2.37. The molecule has 0 radical (unpaired) electrons. The van der Waals surface area contributed by atoms with Gasteiger partial charge in [0.05, 0.1) is 6.61 Å². The molecule has 122 valence electrons. The van der Waals surface area contributed by atoms with Gasteiger partial charge in [0.15, 0.2) is 0 Å². The predicted octanol–water partition coefficient (Wildman–Crippen LogP) is 6.28. The molecule has 0 atom stereocenters. The molecular weight excluding hydrogens is 268 g/mol. The van der Waals surface area contributed by atoms with Crippen LogP contribution in [-0.4, -0.2) is 6.61 Å². The second kappa shape index (κ2) is 9.02. The molecule has 1 heteroatoms. The number of allylic oxidation sites excluding steroid dienone is 2. The van der Waals surface area contributed by atoms with E-state index < -0.39 is 0 Å². The van der Waals surface area contributed by atoms with Crippen molar-refractivity contribution in [3.63, 3.8) is 0 Å². The molecule has 1 saturated carbocycles. The van der Waals surface area contributed by atoms with Crippen molar-refractivity contribution in [2.75, 3.05) is 6.61 Å². The van der Waals surface area contributed by atoms with Gasteiger partial charge < -0.3 is 4.74 Å². The zero-order chi connectivity index (χ0) is 15.8. The molecule has 1 aliphatic rings. The van der Waals surface area contributed by atoms with Crippen LogP contribution in [0.5, 0.6) is 5.75 Å². The number of ether oxygens (including phenoxy) is 1. The van der Waals surface area contributed by atoms with Crippen molar-refractivity contribution in [1.29, 1.82) is 0 Å². The summed E-state index contributed by atoms with van der Waals surface area (Å²) >= 11 is 0. The summed E-state index contributed by atoms with van der Waals surface area (Å²) in [7, 11) is 0. The van der Waals surface area contributed by atoms with Gasteiger partial charge in [0.1, 0.15) is 5.75 Å². The Kier molecular flexibility index (Phi) is 7.02. The minimum Gasteiger partial charge on any atom is -0.493 e. The van der Waals surface area contributed by atoms with E-state index in [-0.39, 0.29) is 0 Å². The van der Waals surface area contributed by atoms with Gasteiger partial charge in [-0.15, -0.1) is 0 Å². The standard InChI is InChI=1S/C21H32O/c1-4-7-17-9-11-18(12-10-17)19-13-14-21(22-15-6-3)20(16-19)8-5-2/h4,7,13-14,16-18H,5-6,8-12,15H2,1-3H3/b7-4+. The van der Waals surface area contributed by atoms with Gasteiger partial charge in [-0.25, -0.2) is 0 Å². The van der Waals surface area contributed by atoms with E-state index in [2.05, 4.69) is 51.1 Å². The van der Waals surface area contributed by atoms with Crippen LogP contribution < -0.4 is 4.74 Å². The van der Waals surface area contributed by atoms with Crippen LogP contribution in [0.2, 0.25) is 0 Å². The van der Waals surface area contributed by atoms with E-state index in [9.17, 15) is 0 Å². The van der Waals surface area contributed by atoms with Crippen LogP contribution >= 0.6 is 0 Å². The van der Waals surface area contributed by atoms with Gasteiger partial charge in [0.2, 0.25) is 0 Å². The Hall–Kier alpha value is -1.24. The maximum absolute atomic E-state index is 5.92. The first kappa shape index (κ1) is 17.1. The fourth-order valence-electron chi connectivity index (χ4n) is 3.59. The van der Waals surface area contributed by atoms with Gasteiger partial charge in [0, 0.05) is 0 Å². The molecule has 1 aromatic carbocycles. The Morgan fingerprint density at radius 1 is 1.09 bits per heavy atom. The third-order valence-electron chi connectivity index (χ3n) is 4.77. The number of benzene rings is 1. The van der Waals surface area contributed by atoms with Crippen LogP contribution in [0, 0.1) is 5.92 Å². The third-order valence-corrected chi connectivity index (χ3v) is 4.77. The van der Waals surface area contributed by atoms with Gasteiger partial charge >= 0.3 is 0 Å². The summed E-state index contributed by atoms with van der Waals surface area (Å²) in [4.78, 5) is 0. The minimum absolute atomic E-state index is 0.748. The quantitative estimate of drug-likeness (QED) is 0.539. The summed E-state index contributed by atoms with van der Waals surface area (Å²) in [5.41, 5.74) is 2.94. The van der Waals surface area contributed by atoms with Gasteiger partial charge in [-0.2, -0.15) is 0 Å². The van der Waals surface area contributed by atoms with Crippen LogP contribution in [0.4, 0.5) is 0 Å². The predicted molar refractivity (Wildman–Crippen MR) is 95.7 cm³/mol. The molecule has 1 fully saturated rings. The molecule has 0 amide bonds. The smallest absolute Gasteiger partial charge is 0.122 e. The second-order valence-electron chi connectivity index (χ2n) is 6.60. The topological polar surface area (TPSA) is 9.23 Å². The fraction of sp³-hybridized carbons (Fsp3) is 0.619. The number of hydrogen-bond acceptors (Lipinski definition) is 1. The van der Waals surface area contributed by atoms with Gasteiger partial charge in [-0.05, 0) is 74.5 Å². The molecule has 0 spiro atoms. The molecule has 0 N–H and O–H groups in total. The van der Waals surface area contributed by atoms with Crippen LogP contribution in [0.15, 0.2) is 30.4 Å². The van der Waals surface area contributed by atoms with E-state index >= 15 is 0 Å². The minimum atomic E-state index is 0.748.